The van der Waals surface area contributed by atoms with Gasteiger partial charge in [-0.2, -0.15) is 5.26 Å². The number of H-pyrrole nitrogens is 1. The van der Waals surface area contributed by atoms with E-state index in [1.54, 1.807) is 6.07 Å². The van der Waals surface area contributed by atoms with Crippen LogP contribution in [0, 0.1) is 11.3 Å². The molecule has 0 fully saturated rings. The molecule has 0 bridgehead atoms. The molecule has 5 heteroatoms. The molecule has 0 aliphatic rings. The quantitative estimate of drug-likeness (QED) is 0.632. The van der Waals surface area contributed by atoms with Crippen molar-refractivity contribution in [1.82, 2.24) is 10.3 Å². The number of oxazole rings is 1. The molecule has 0 amide bonds. The molecule has 0 saturated heterocycles. The first-order chi connectivity index (χ1) is 8.53. The Hall–Kier alpha value is -2.06. The first-order valence-corrected chi connectivity index (χ1v) is 5.74. The van der Waals surface area contributed by atoms with E-state index in [1.807, 2.05) is 12.1 Å². The van der Waals surface area contributed by atoms with Crippen molar-refractivity contribution in [3.8, 4) is 6.07 Å². The zero-order valence-electron chi connectivity index (χ0n) is 10.4. The van der Waals surface area contributed by atoms with Gasteiger partial charge in [0, 0.05) is 12.0 Å². The molecular formula is C13H15N3O2. The van der Waals surface area contributed by atoms with E-state index < -0.39 is 5.76 Å². The van der Waals surface area contributed by atoms with Gasteiger partial charge in [0.15, 0.2) is 5.58 Å². The van der Waals surface area contributed by atoms with Crippen molar-refractivity contribution in [2.24, 2.45) is 0 Å². The van der Waals surface area contributed by atoms with Crippen LogP contribution in [0.3, 0.4) is 0 Å². The Balaban J connectivity index is 2.29. The van der Waals surface area contributed by atoms with Crippen LogP contribution in [-0.4, -0.2) is 18.1 Å². The van der Waals surface area contributed by atoms with Gasteiger partial charge >= 0.3 is 5.76 Å². The van der Waals surface area contributed by atoms with Crippen molar-refractivity contribution in [1.29, 1.82) is 5.26 Å². The zero-order valence-corrected chi connectivity index (χ0v) is 10.4. The molecule has 1 aromatic heterocycles. The van der Waals surface area contributed by atoms with Crippen molar-refractivity contribution in [2.75, 3.05) is 13.1 Å². The van der Waals surface area contributed by atoms with Gasteiger partial charge in [0.2, 0.25) is 0 Å². The summed E-state index contributed by atoms with van der Waals surface area (Å²) in [5.41, 5.74) is 2.21. The fraction of sp³-hybridized carbons (Fsp3) is 0.385. The second-order valence-corrected chi connectivity index (χ2v) is 4.87. The van der Waals surface area contributed by atoms with Crippen LogP contribution in [-0.2, 0) is 5.41 Å². The van der Waals surface area contributed by atoms with E-state index in [0.29, 0.717) is 24.2 Å². The van der Waals surface area contributed by atoms with Crippen molar-refractivity contribution in [2.45, 2.75) is 19.3 Å². The van der Waals surface area contributed by atoms with Crippen molar-refractivity contribution in [3.05, 3.63) is 34.3 Å². The molecule has 0 atom stereocenters. The normalized spacial score (nSPS) is 11.6. The maximum atomic E-state index is 11.1. The average Bonchev–Trinajstić information content (AvgIpc) is 2.68. The third-order valence-corrected chi connectivity index (χ3v) is 2.97. The summed E-state index contributed by atoms with van der Waals surface area (Å²) in [5, 5.41) is 11.6. The number of hydrogen-bond acceptors (Lipinski definition) is 4. The third-order valence-electron chi connectivity index (χ3n) is 2.97. The zero-order chi connectivity index (χ0) is 13.2. The van der Waals surface area contributed by atoms with Crippen molar-refractivity contribution >= 4 is 11.1 Å². The van der Waals surface area contributed by atoms with Crippen LogP contribution >= 0.6 is 0 Å². The lowest BCUT2D eigenvalue weighted by molar-refractivity contribution is 0.485. The van der Waals surface area contributed by atoms with Crippen LogP contribution in [0.4, 0.5) is 0 Å². The summed E-state index contributed by atoms with van der Waals surface area (Å²) in [5.74, 6) is -0.442. The molecule has 2 rings (SSSR count). The molecule has 94 valence electrons. The molecule has 0 aliphatic carbocycles. The Bertz CT molecular complexity index is 646. The summed E-state index contributed by atoms with van der Waals surface area (Å²) in [4.78, 5) is 13.7. The van der Waals surface area contributed by atoms with E-state index in [4.69, 9.17) is 9.68 Å². The van der Waals surface area contributed by atoms with E-state index in [2.05, 4.69) is 30.2 Å². The first kappa shape index (κ1) is 12.4. The van der Waals surface area contributed by atoms with Gasteiger partial charge in [0.1, 0.15) is 0 Å². The SMILES string of the molecule is CC(C)(CNCC#N)c1ccc2oc(=O)[nH]c2c1. The standard InChI is InChI=1S/C13H15N3O2/c1-13(2,8-15-6-5-14)9-3-4-11-10(7-9)16-12(17)18-11/h3-4,7,15H,6,8H2,1-2H3,(H,16,17). The van der Waals surface area contributed by atoms with Gasteiger partial charge in [-0.15, -0.1) is 0 Å². The topological polar surface area (TPSA) is 81.8 Å². The highest BCUT2D eigenvalue weighted by Gasteiger charge is 2.20. The molecule has 1 heterocycles. The second-order valence-electron chi connectivity index (χ2n) is 4.87. The third kappa shape index (κ3) is 2.44. The van der Waals surface area contributed by atoms with Crippen molar-refractivity contribution < 1.29 is 4.42 Å². The molecule has 1 aromatic carbocycles. The largest absolute Gasteiger partial charge is 0.417 e. The molecule has 0 spiro atoms. The highest BCUT2D eigenvalue weighted by molar-refractivity contribution is 5.73. The van der Waals surface area contributed by atoms with E-state index in [-0.39, 0.29) is 5.41 Å². The number of nitrogens with zero attached hydrogens (tertiary/aromatic N) is 1. The van der Waals surface area contributed by atoms with E-state index in [1.165, 1.54) is 0 Å². The fourth-order valence-corrected chi connectivity index (χ4v) is 1.91. The number of nitrogens with one attached hydrogen (secondary N) is 2. The second kappa shape index (κ2) is 4.67. The number of aromatic amines is 1. The minimum absolute atomic E-state index is 0.126. The van der Waals surface area contributed by atoms with Crippen molar-refractivity contribution in [3.63, 3.8) is 0 Å². The Morgan fingerprint density at radius 3 is 3.00 bits per heavy atom. The lowest BCUT2D eigenvalue weighted by Crippen LogP contribution is -2.33. The first-order valence-electron chi connectivity index (χ1n) is 5.74. The Morgan fingerprint density at radius 1 is 1.50 bits per heavy atom. The Morgan fingerprint density at radius 2 is 2.28 bits per heavy atom. The van der Waals surface area contributed by atoms with Gasteiger partial charge < -0.3 is 9.73 Å². The lowest BCUT2D eigenvalue weighted by atomic mass is 9.84. The maximum Gasteiger partial charge on any atom is 0.417 e. The maximum absolute atomic E-state index is 11.1. The average molecular weight is 245 g/mol. The number of fused-ring (bicyclic) bond motifs is 1. The van der Waals surface area contributed by atoms with Gasteiger partial charge in [-0.05, 0) is 17.7 Å². The molecular weight excluding hydrogens is 230 g/mol. The van der Waals surface area contributed by atoms with Gasteiger partial charge in [-0.1, -0.05) is 19.9 Å². The summed E-state index contributed by atoms with van der Waals surface area (Å²) < 4.78 is 4.96. The monoisotopic (exact) mass is 245 g/mol. The van der Waals surface area contributed by atoms with Gasteiger partial charge in [0.05, 0.1) is 18.1 Å². The van der Waals surface area contributed by atoms with Crippen LogP contribution in [0.1, 0.15) is 19.4 Å². The summed E-state index contributed by atoms with van der Waals surface area (Å²) in [6.07, 6.45) is 0. The van der Waals surface area contributed by atoms with Gasteiger partial charge in [0.25, 0.3) is 0 Å². The summed E-state index contributed by atoms with van der Waals surface area (Å²) in [6.45, 7) is 5.18. The van der Waals surface area contributed by atoms with E-state index >= 15 is 0 Å². The van der Waals surface area contributed by atoms with E-state index in [9.17, 15) is 4.79 Å². The molecule has 2 N–H and O–H groups in total. The van der Waals surface area contributed by atoms with Crippen LogP contribution in [0.15, 0.2) is 27.4 Å². The van der Waals surface area contributed by atoms with Crippen LogP contribution in [0.2, 0.25) is 0 Å². The predicted octanol–water partition coefficient (Wildman–Crippen LogP) is 1.51. The highest BCUT2D eigenvalue weighted by Crippen LogP contribution is 2.25. The number of nitriles is 1. The number of rotatable bonds is 4. The van der Waals surface area contributed by atoms with Crippen LogP contribution in [0.25, 0.3) is 11.1 Å². The minimum Gasteiger partial charge on any atom is -0.408 e. The number of hydrogen-bond donors (Lipinski definition) is 2. The molecule has 0 saturated carbocycles. The van der Waals surface area contributed by atoms with Crippen LogP contribution in [0.5, 0.6) is 0 Å². The molecule has 2 aromatic rings. The summed E-state index contributed by atoms with van der Waals surface area (Å²) in [7, 11) is 0. The Kier molecular flexibility index (Phi) is 3.21. The van der Waals surface area contributed by atoms with Gasteiger partial charge in [-0.3, -0.25) is 4.98 Å². The lowest BCUT2D eigenvalue weighted by Gasteiger charge is -2.25. The van der Waals surface area contributed by atoms with E-state index in [0.717, 1.165) is 5.56 Å². The summed E-state index contributed by atoms with van der Waals surface area (Å²) in [6, 6.07) is 7.69. The summed E-state index contributed by atoms with van der Waals surface area (Å²) >= 11 is 0. The molecule has 5 nitrogen and oxygen atoms in total. The molecule has 0 radical (unpaired) electrons. The van der Waals surface area contributed by atoms with Crippen LogP contribution < -0.4 is 11.1 Å². The fourth-order valence-electron chi connectivity index (χ4n) is 1.91. The number of aromatic nitrogens is 1. The molecule has 18 heavy (non-hydrogen) atoms. The van der Waals surface area contributed by atoms with Gasteiger partial charge in [-0.25, -0.2) is 4.79 Å². The number of benzene rings is 1. The Labute approximate surface area is 104 Å². The highest BCUT2D eigenvalue weighted by atomic mass is 16.4. The predicted molar refractivity (Wildman–Crippen MR) is 68.3 cm³/mol. The smallest absolute Gasteiger partial charge is 0.408 e. The molecule has 0 unspecified atom stereocenters. The minimum atomic E-state index is -0.442. The molecule has 0 aliphatic heterocycles.